The van der Waals surface area contributed by atoms with Crippen LogP contribution in [0.5, 0.6) is 0 Å². The van der Waals surface area contributed by atoms with Gasteiger partial charge in [-0.3, -0.25) is 4.98 Å². The molecule has 92 valence electrons. The van der Waals surface area contributed by atoms with Gasteiger partial charge in [0.1, 0.15) is 5.60 Å². The molecule has 2 saturated carbocycles. The van der Waals surface area contributed by atoms with Gasteiger partial charge in [-0.15, -0.1) is 0 Å². The van der Waals surface area contributed by atoms with Gasteiger partial charge in [0, 0.05) is 11.6 Å². The average Bonchev–Trinajstić information content (AvgIpc) is 3.06. The molecule has 2 aromatic rings. The van der Waals surface area contributed by atoms with E-state index in [0.29, 0.717) is 11.8 Å². The van der Waals surface area contributed by atoms with Gasteiger partial charge in [0.15, 0.2) is 0 Å². The highest BCUT2D eigenvalue weighted by atomic mass is 16.3. The quantitative estimate of drug-likeness (QED) is 0.828. The molecule has 1 N–H and O–H groups in total. The van der Waals surface area contributed by atoms with Crippen LogP contribution in [0.3, 0.4) is 0 Å². The highest BCUT2D eigenvalue weighted by molar-refractivity contribution is 5.85. The van der Waals surface area contributed by atoms with E-state index in [4.69, 9.17) is 0 Å². The van der Waals surface area contributed by atoms with Crippen LogP contribution in [-0.4, -0.2) is 10.1 Å². The molecule has 0 radical (unpaired) electrons. The fourth-order valence-corrected chi connectivity index (χ4v) is 3.88. The number of hydrogen-bond donors (Lipinski definition) is 1. The first-order valence-corrected chi connectivity index (χ1v) is 6.88. The summed E-state index contributed by atoms with van der Waals surface area (Å²) in [4.78, 5) is 4.51. The predicted octanol–water partition coefficient (Wildman–Crippen LogP) is 3.24. The third kappa shape index (κ3) is 1.24. The van der Waals surface area contributed by atoms with Crippen molar-refractivity contribution in [1.29, 1.82) is 0 Å². The van der Waals surface area contributed by atoms with Crippen LogP contribution in [0.2, 0.25) is 0 Å². The maximum atomic E-state index is 11.0. The van der Waals surface area contributed by atoms with E-state index in [0.717, 1.165) is 23.9 Å². The Morgan fingerprint density at radius 1 is 1.06 bits per heavy atom. The first-order chi connectivity index (χ1) is 8.82. The maximum Gasteiger partial charge on any atom is 0.113 e. The van der Waals surface area contributed by atoms with E-state index in [9.17, 15) is 5.11 Å². The Hall–Kier alpha value is -1.41. The predicted molar refractivity (Wildman–Crippen MR) is 71.1 cm³/mol. The molecule has 0 spiro atoms. The lowest BCUT2D eigenvalue weighted by molar-refractivity contribution is 0.115. The van der Waals surface area contributed by atoms with Crippen LogP contribution in [0.15, 0.2) is 36.5 Å². The van der Waals surface area contributed by atoms with Gasteiger partial charge in [0.05, 0.1) is 5.69 Å². The molecule has 0 aliphatic heterocycles. The summed E-state index contributed by atoms with van der Waals surface area (Å²) in [5.74, 6) is 0.897. The highest BCUT2D eigenvalue weighted by Crippen LogP contribution is 2.64. The second-order valence-electron chi connectivity index (χ2n) is 5.70. The van der Waals surface area contributed by atoms with Crippen molar-refractivity contribution in [2.45, 2.75) is 31.3 Å². The lowest BCUT2D eigenvalue weighted by Gasteiger charge is -2.13. The van der Waals surface area contributed by atoms with Crippen LogP contribution in [-0.2, 0) is 5.60 Å². The number of fused-ring (bicyclic) bond motifs is 2. The molecule has 4 rings (SSSR count). The second kappa shape index (κ2) is 3.55. The number of rotatable bonds is 1. The summed E-state index contributed by atoms with van der Waals surface area (Å²) in [6.07, 6.45) is 6.67. The van der Waals surface area contributed by atoms with Gasteiger partial charge in [0.2, 0.25) is 0 Å². The number of aromatic nitrogens is 1. The van der Waals surface area contributed by atoms with E-state index >= 15 is 0 Å². The van der Waals surface area contributed by atoms with Crippen molar-refractivity contribution in [2.75, 3.05) is 0 Å². The van der Waals surface area contributed by atoms with E-state index in [1.807, 2.05) is 24.4 Å². The van der Waals surface area contributed by atoms with Crippen molar-refractivity contribution in [3.05, 3.63) is 42.2 Å². The van der Waals surface area contributed by atoms with E-state index in [2.05, 4.69) is 17.1 Å². The van der Waals surface area contributed by atoms with E-state index in [1.54, 1.807) is 0 Å². The summed E-state index contributed by atoms with van der Waals surface area (Å²) in [6, 6.07) is 10.3. The van der Waals surface area contributed by atoms with Crippen molar-refractivity contribution in [3.8, 4) is 0 Å². The van der Waals surface area contributed by atoms with Crippen molar-refractivity contribution >= 4 is 10.8 Å². The molecule has 0 saturated heterocycles. The molecular weight excluding hydrogens is 222 g/mol. The van der Waals surface area contributed by atoms with Crippen LogP contribution >= 0.6 is 0 Å². The summed E-state index contributed by atoms with van der Waals surface area (Å²) in [5, 5.41) is 13.3. The Morgan fingerprint density at radius 3 is 2.56 bits per heavy atom. The first-order valence-electron chi connectivity index (χ1n) is 6.88. The molecule has 2 aliphatic carbocycles. The zero-order valence-electron chi connectivity index (χ0n) is 10.3. The maximum absolute atomic E-state index is 11.0. The molecule has 1 aromatic heterocycles. The number of benzene rings is 1. The minimum Gasteiger partial charge on any atom is -0.383 e. The fourth-order valence-electron chi connectivity index (χ4n) is 3.88. The molecule has 0 amide bonds. The Labute approximate surface area is 107 Å². The lowest BCUT2D eigenvalue weighted by Crippen LogP contribution is -2.13. The van der Waals surface area contributed by atoms with Crippen LogP contribution in [0.1, 0.15) is 31.4 Å². The molecule has 1 heterocycles. The number of hydrogen-bond acceptors (Lipinski definition) is 2. The number of aliphatic hydroxyl groups is 1. The van der Waals surface area contributed by atoms with Gasteiger partial charge < -0.3 is 5.11 Å². The largest absolute Gasteiger partial charge is 0.383 e. The van der Waals surface area contributed by atoms with Gasteiger partial charge in [-0.2, -0.15) is 0 Å². The average molecular weight is 239 g/mol. The SMILES string of the molecule is OC1(c2nccc3ccccc23)C2CCCCC21. The summed E-state index contributed by atoms with van der Waals surface area (Å²) < 4.78 is 0. The third-order valence-electron chi connectivity index (χ3n) is 4.84. The molecule has 2 nitrogen and oxygen atoms in total. The highest BCUT2D eigenvalue weighted by Gasteiger charge is 2.65. The van der Waals surface area contributed by atoms with Gasteiger partial charge >= 0.3 is 0 Å². The number of pyridine rings is 1. The fraction of sp³-hybridized carbons (Fsp3) is 0.438. The summed E-state index contributed by atoms with van der Waals surface area (Å²) in [5.41, 5.74) is 0.273. The lowest BCUT2D eigenvalue weighted by atomic mass is 10.0. The van der Waals surface area contributed by atoms with Gasteiger partial charge in [-0.05, 0) is 36.1 Å². The monoisotopic (exact) mass is 239 g/mol. The van der Waals surface area contributed by atoms with Crippen molar-refractivity contribution in [1.82, 2.24) is 4.98 Å². The van der Waals surface area contributed by atoms with Crippen molar-refractivity contribution < 1.29 is 5.11 Å². The second-order valence-corrected chi connectivity index (χ2v) is 5.70. The number of nitrogens with zero attached hydrogens (tertiary/aromatic N) is 1. The zero-order valence-corrected chi connectivity index (χ0v) is 10.3. The van der Waals surface area contributed by atoms with E-state index in [-0.39, 0.29) is 0 Å². The van der Waals surface area contributed by atoms with Crippen LogP contribution in [0.25, 0.3) is 10.8 Å². The first kappa shape index (κ1) is 10.5. The molecule has 2 heteroatoms. The Kier molecular flexibility index (Phi) is 2.07. The summed E-state index contributed by atoms with van der Waals surface area (Å²) in [7, 11) is 0. The minimum absolute atomic E-state index is 0.449. The molecule has 0 bridgehead atoms. The van der Waals surface area contributed by atoms with Gasteiger partial charge in [-0.25, -0.2) is 0 Å². The standard InChI is InChI=1S/C16H17NO/c18-16(13-7-3-4-8-14(13)16)15-12-6-2-1-5-11(12)9-10-17-15/h1-2,5-6,9-10,13-14,18H,3-4,7-8H2. The van der Waals surface area contributed by atoms with Gasteiger partial charge in [0.25, 0.3) is 0 Å². The van der Waals surface area contributed by atoms with Gasteiger partial charge in [-0.1, -0.05) is 37.1 Å². The van der Waals surface area contributed by atoms with E-state index < -0.39 is 5.60 Å². The molecule has 2 unspecified atom stereocenters. The van der Waals surface area contributed by atoms with Crippen LogP contribution in [0.4, 0.5) is 0 Å². The molecular formula is C16H17NO. The normalized spacial score (nSPS) is 34.3. The molecule has 2 aliphatic rings. The third-order valence-corrected chi connectivity index (χ3v) is 4.84. The van der Waals surface area contributed by atoms with Crippen LogP contribution in [0, 0.1) is 11.8 Å². The summed E-state index contributed by atoms with van der Waals surface area (Å²) >= 11 is 0. The van der Waals surface area contributed by atoms with Crippen LogP contribution < -0.4 is 0 Å². The zero-order chi connectivity index (χ0) is 12.2. The topological polar surface area (TPSA) is 33.1 Å². The Morgan fingerprint density at radius 2 is 1.78 bits per heavy atom. The molecule has 2 atom stereocenters. The minimum atomic E-state index is -0.642. The molecule has 1 aromatic carbocycles. The Balaban J connectivity index is 1.88. The molecule has 2 fully saturated rings. The smallest absolute Gasteiger partial charge is 0.113 e. The van der Waals surface area contributed by atoms with E-state index in [1.165, 1.54) is 18.2 Å². The molecule has 18 heavy (non-hydrogen) atoms. The van der Waals surface area contributed by atoms with Crippen molar-refractivity contribution in [2.24, 2.45) is 11.8 Å². The Bertz CT molecular complexity index is 590. The van der Waals surface area contributed by atoms with Crippen molar-refractivity contribution in [3.63, 3.8) is 0 Å². The summed E-state index contributed by atoms with van der Waals surface area (Å²) in [6.45, 7) is 0.